The van der Waals surface area contributed by atoms with Crippen LogP contribution in [0.5, 0.6) is 5.75 Å². The Balaban J connectivity index is 1.89. The van der Waals surface area contributed by atoms with E-state index >= 15 is 0 Å². The van der Waals surface area contributed by atoms with Gasteiger partial charge in [0.25, 0.3) is 11.6 Å². The number of amides is 1. The van der Waals surface area contributed by atoms with Crippen LogP contribution in [-0.4, -0.2) is 21.7 Å². The molecule has 0 saturated heterocycles. The smallest absolute Gasteiger partial charge is 0.269 e. The molecular formula is C20H15ClN2O6. The highest BCUT2D eigenvalue weighted by Crippen LogP contribution is 2.35. The number of phenols is 1. The molecule has 0 bridgehead atoms. The zero-order valence-corrected chi connectivity index (χ0v) is 16.1. The third-order valence-corrected chi connectivity index (χ3v) is 4.58. The number of aromatic hydroxyl groups is 1. The van der Waals surface area contributed by atoms with Crippen molar-refractivity contribution < 1.29 is 24.0 Å². The maximum Gasteiger partial charge on any atom is 0.269 e. The van der Waals surface area contributed by atoms with Crippen LogP contribution in [0, 0.1) is 17.0 Å². The topological polar surface area (TPSA) is 123 Å². The van der Waals surface area contributed by atoms with Crippen LogP contribution in [0.4, 0.5) is 11.4 Å². The largest absolute Gasteiger partial charge is 0.507 e. The van der Waals surface area contributed by atoms with E-state index in [-0.39, 0.29) is 33.6 Å². The molecule has 0 spiro atoms. The number of nitrogens with one attached hydrogen (secondary N) is 1. The number of ketones is 1. The maximum atomic E-state index is 12.6. The van der Waals surface area contributed by atoms with Crippen LogP contribution in [0.1, 0.15) is 33.2 Å². The normalized spacial score (nSPS) is 10.6. The van der Waals surface area contributed by atoms with Gasteiger partial charge in [-0.25, -0.2) is 0 Å². The number of Topliss-reactive ketones (excluding diaryl/α,β-unsaturated/α-hetero) is 1. The van der Waals surface area contributed by atoms with Gasteiger partial charge in [-0.05, 0) is 43.7 Å². The number of nitro groups is 1. The fraction of sp³-hybridized carbons (Fsp3) is 0.100. The molecule has 1 heterocycles. The molecular weight excluding hydrogens is 400 g/mol. The summed E-state index contributed by atoms with van der Waals surface area (Å²) in [7, 11) is 0. The number of rotatable bonds is 5. The van der Waals surface area contributed by atoms with Crippen molar-refractivity contribution in [2.75, 3.05) is 5.32 Å². The van der Waals surface area contributed by atoms with E-state index in [2.05, 4.69) is 5.32 Å². The van der Waals surface area contributed by atoms with Crippen LogP contribution in [0.15, 0.2) is 47.1 Å². The van der Waals surface area contributed by atoms with Crippen LogP contribution in [0.3, 0.4) is 0 Å². The first-order chi connectivity index (χ1) is 13.7. The third kappa shape index (κ3) is 4.12. The van der Waals surface area contributed by atoms with Gasteiger partial charge in [0.2, 0.25) is 0 Å². The summed E-state index contributed by atoms with van der Waals surface area (Å²) >= 11 is 6.25. The number of halogens is 1. The molecule has 0 unspecified atom stereocenters. The Hall–Kier alpha value is -3.65. The molecule has 0 saturated carbocycles. The number of aryl methyl sites for hydroxylation is 1. The number of phenolic OH excluding ortho intramolecular Hbond substituents is 1. The number of carbonyl (C=O) groups is 2. The number of furan rings is 1. The SMILES string of the molecule is CC(=O)c1coc(-c2cc(O)c(C(=O)Nc3ccc([N+](=O)[O-])cc3C)cc2Cl)c1. The van der Waals surface area contributed by atoms with Crippen LogP contribution in [-0.2, 0) is 0 Å². The number of anilines is 1. The van der Waals surface area contributed by atoms with Gasteiger partial charge in [0.1, 0.15) is 17.8 Å². The quantitative estimate of drug-likeness (QED) is 0.345. The summed E-state index contributed by atoms with van der Waals surface area (Å²) in [6, 6.07) is 8.03. The lowest BCUT2D eigenvalue weighted by molar-refractivity contribution is -0.384. The predicted octanol–water partition coefficient (Wildman–Crippen LogP) is 4.98. The summed E-state index contributed by atoms with van der Waals surface area (Å²) in [6.45, 7) is 3.00. The molecule has 0 aliphatic rings. The van der Waals surface area contributed by atoms with Crippen molar-refractivity contribution in [1.29, 1.82) is 0 Å². The number of nitrogens with zero attached hydrogens (tertiary/aromatic N) is 1. The molecule has 0 radical (unpaired) electrons. The molecule has 1 aromatic heterocycles. The van der Waals surface area contributed by atoms with Crippen LogP contribution >= 0.6 is 11.6 Å². The van der Waals surface area contributed by atoms with Crippen molar-refractivity contribution in [2.24, 2.45) is 0 Å². The maximum absolute atomic E-state index is 12.6. The van der Waals surface area contributed by atoms with E-state index in [0.717, 1.165) is 0 Å². The highest BCUT2D eigenvalue weighted by atomic mass is 35.5. The van der Waals surface area contributed by atoms with Crippen molar-refractivity contribution in [3.05, 3.63) is 74.5 Å². The minimum absolute atomic E-state index is 0.0881. The summed E-state index contributed by atoms with van der Waals surface area (Å²) in [6.07, 6.45) is 1.28. The minimum Gasteiger partial charge on any atom is -0.507 e. The second kappa shape index (κ2) is 7.76. The Kier molecular flexibility index (Phi) is 5.38. The summed E-state index contributed by atoms with van der Waals surface area (Å²) in [5.41, 5.74) is 1.33. The molecule has 0 atom stereocenters. The molecule has 3 rings (SSSR count). The number of carbonyl (C=O) groups excluding carboxylic acids is 2. The molecule has 0 aliphatic carbocycles. The van der Waals surface area contributed by atoms with Crippen molar-refractivity contribution in [1.82, 2.24) is 0 Å². The van der Waals surface area contributed by atoms with Gasteiger partial charge in [-0.15, -0.1) is 0 Å². The second-order valence-corrected chi connectivity index (χ2v) is 6.72. The summed E-state index contributed by atoms with van der Waals surface area (Å²) < 4.78 is 5.32. The second-order valence-electron chi connectivity index (χ2n) is 6.32. The summed E-state index contributed by atoms with van der Waals surface area (Å²) in [5, 5.41) is 23.9. The van der Waals surface area contributed by atoms with Gasteiger partial charge in [-0.1, -0.05) is 11.6 Å². The Bertz CT molecular complexity index is 1150. The van der Waals surface area contributed by atoms with Gasteiger partial charge in [0.15, 0.2) is 5.78 Å². The average molecular weight is 415 g/mol. The monoisotopic (exact) mass is 414 g/mol. The Morgan fingerprint density at radius 1 is 1.21 bits per heavy atom. The standard InChI is InChI=1S/C20H15ClN2O6/c1-10-5-13(23(27)28)3-4-17(10)22-20(26)15-7-16(21)14(8-18(15)25)19-6-12(9-29-19)11(2)24/h3-9,25H,1-2H3,(H,22,26). The van der Waals surface area contributed by atoms with E-state index in [9.17, 15) is 24.8 Å². The van der Waals surface area contributed by atoms with E-state index in [1.165, 1.54) is 49.6 Å². The van der Waals surface area contributed by atoms with Crippen LogP contribution in [0.25, 0.3) is 11.3 Å². The Morgan fingerprint density at radius 2 is 1.93 bits per heavy atom. The highest BCUT2D eigenvalue weighted by molar-refractivity contribution is 6.34. The molecule has 1 amide bonds. The number of benzene rings is 2. The van der Waals surface area contributed by atoms with Gasteiger partial charge in [-0.2, -0.15) is 0 Å². The number of hydrogen-bond acceptors (Lipinski definition) is 6. The van der Waals surface area contributed by atoms with E-state index in [0.29, 0.717) is 22.4 Å². The van der Waals surface area contributed by atoms with Gasteiger partial charge in [-0.3, -0.25) is 19.7 Å². The molecule has 0 fully saturated rings. The zero-order valence-electron chi connectivity index (χ0n) is 15.4. The molecule has 148 valence electrons. The van der Waals surface area contributed by atoms with E-state index in [4.69, 9.17) is 16.0 Å². The third-order valence-electron chi connectivity index (χ3n) is 4.27. The number of hydrogen-bond donors (Lipinski definition) is 2. The van der Waals surface area contributed by atoms with Crippen molar-refractivity contribution in [3.63, 3.8) is 0 Å². The fourth-order valence-corrected chi connectivity index (χ4v) is 2.94. The molecule has 2 aromatic carbocycles. The van der Waals surface area contributed by atoms with E-state index in [1.54, 1.807) is 6.92 Å². The molecule has 2 N–H and O–H groups in total. The summed E-state index contributed by atoms with van der Waals surface area (Å²) in [5.74, 6) is -0.900. The number of non-ortho nitro benzene ring substituents is 1. The van der Waals surface area contributed by atoms with Crippen molar-refractivity contribution in [2.45, 2.75) is 13.8 Å². The molecule has 3 aromatic rings. The van der Waals surface area contributed by atoms with Crippen molar-refractivity contribution >= 4 is 34.7 Å². The number of nitro benzene ring substituents is 1. The first-order valence-corrected chi connectivity index (χ1v) is 8.74. The lowest BCUT2D eigenvalue weighted by Crippen LogP contribution is -2.13. The van der Waals surface area contributed by atoms with E-state index < -0.39 is 10.8 Å². The fourth-order valence-electron chi connectivity index (χ4n) is 2.69. The van der Waals surface area contributed by atoms with Crippen molar-refractivity contribution in [3.8, 4) is 17.1 Å². The molecule has 8 nitrogen and oxygen atoms in total. The Labute approximate surface area is 169 Å². The predicted molar refractivity (Wildman–Crippen MR) is 107 cm³/mol. The highest BCUT2D eigenvalue weighted by Gasteiger charge is 2.19. The molecule has 29 heavy (non-hydrogen) atoms. The minimum atomic E-state index is -0.642. The van der Waals surface area contributed by atoms with Gasteiger partial charge in [0.05, 0.1) is 21.1 Å². The zero-order chi connectivity index (χ0) is 21.3. The van der Waals surface area contributed by atoms with E-state index in [1.807, 2.05) is 0 Å². The lowest BCUT2D eigenvalue weighted by Gasteiger charge is -2.11. The Morgan fingerprint density at radius 3 is 2.52 bits per heavy atom. The van der Waals surface area contributed by atoms with Crippen LogP contribution in [0.2, 0.25) is 5.02 Å². The van der Waals surface area contributed by atoms with Gasteiger partial charge < -0.3 is 14.8 Å². The van der Waals surface area contributed by atoms with Gasteiger partial charge in [0, 0.05) is 23.4 Å². The molecule has 9 heteroatoms. The first-order valence-electron chi connectivity index (χ1n) is 8.36. The summed E-state index contributed by atoms with van der Waals surface area (Å²) in [4.78, 5) is 34.3. The van der Waals surface area contributed by atoms with Gasteiger partial charge >= 0.3 is 0 Å². The first kappa shape index (κ1) is 20.1. The van der Waals surface area contributed by atoms with Crippen LogP contribution < -0.4 is 5.32 Å². The lowest BCUT2D eigenvalue weighted by atomic mass is 10.1. The molecule has 0 aliphatic heterocycles. The average Bonchev–Trinajstić information content (AvgIpc) is 3.15.